The van der Waals surface area contributed by atoms with E-state index in [1.807, 2.05) is 36.1 Å². The maximum atomic E-state index is 13.1. The number of piperidine rings is 2. The van der Waals surface area contributed by atoms with Gasteiger partial charge in [-0.25, -0.2) is 9.18 Å². The molecule has 0 saturated carbocycles. The molecular weight excluding hydrogens is 369 g/mol. The van der Waals surface area contributed by atoms with Crippen LogP contribution in [0, 0.1) is 12.7 Å². The third-order valence-corrected chi connectivity index (χ3v) is 6.04. The maximum Gasteiger partial charge on any atom is 0.322 e. The second-order valence-corrected chi connectivity index (χ2v) is 8.04. The molecule has 0 aromatic heterocycles. The van der Waals surface area contributed by atoms with Crippen molar-refractivity contribution in [3.8, 4) is 0 Å². The zero-order valence-corrected chi connectivity index (χ0v) is 16.5. The Morgan fingerprint density at radius 1 is 1.00 bits per heavy atom. The summed E-state index contributed by atoms with van der Waals surface area (Å²) >= 11 is 0. The Balaban J connectivity index is 1.42. The molecule has 3 amide bonds. The van der Waals surface area contributed by atoms with Gasteiger partial charge < -0.3 is 15.5 Å². The zero-order valence-electron chi connectivity index (χ0n) is 16.5. The van der Waals surface area contributed by atoms with Crippen LogP contribution in [0.4, 0.5) is 14.9 Å². The van der Waals surface area contributed by atoms with Gasteiger partial charge in [-0.1, -0.05) is 18.2 Å². The molecule has 2 aromatic carbocycles. The number of aryl methyl sites for hydroxylation is 1. The standard InChI is InChI=1S/C23H26FN3O2/c1-15-5-2-3-8-21(15)26-23(29)27-19-6-4-7-20(27)14-18(13-19)25-22(28)16-9-11-17(24)12-10-16/h2-3,5,8-12,18-20H,4,6-7,13-14H2,1H3,(H,25,28)(H,26,29). The molecule has 0 spiro atoms. The van der Waals surface area contributed by atoms with E-state index in [0.717, 1.165) is 43.4 Å². The molecule has 0 radical (unpaired) electrons. The summed E-state index contributed by atoms with van der Waals surface area (Å²) in [6.07, 6.45) is 4.47. The first-order valence-corrected chi connectivity index (χ1v) is 10.2. The van der Waals surface area contributed by atoms with Crippen molar-refractivity contribution < 1.29 is 14.0 Å². The lowest BCUT2D eigenvalue weighted by Crippen LogP contribution is -2.59. The van der Waals surface area contributed by atoms with E-state index in [-0.39, 0.29) is 35.9 Å². The van der Waals surface area contributed by atoms with Gasteiger partial charge in [-0.05, 0) is 74.9 Å². The summed E-state index contributed by atoms with van der Waals surface area (Å²) in [6.45, 7) is 1.98. The smallest absolute Gasteiger partial charge is 0.322 e. The van der Waals surface area contributed by atoms with Crippen LogP contribution in [-0.2, 0) is 0 Å². The molecule has 0 aliphatic carbocycles. The predicted molar refractivity (Wildman–Crippen MR) is 110 cm³/mol. The third kappa shape index (κ3) is 4.26. The molecule has 2 N–H and O–H groups in total. The monoisotopic (exact) mass is 395 g/mol. The van der Waals surface area contributed by atoms with Crippen molar-refractivity contribution in [1.82, 2.24) is 10.2 Å². The van der Waals surface area contributed by atoms with E-state index < -0.39 is 0 Å². The van der Waals surface area contributed by atoms with Crippen LogP contribution < -0.4 is 10.6 Å². The lowest BCUT2D eigenvalue weighted by atomic mass is 9.82. The van der Waals surface area contributed by atoms with Crippen LogP contribution in [0.15, 0.2) is 48.5 Å². The highest BCUT2D eigenvalue weighted by atomic mass is 19.1. The van der Waals surface area contributed by atoms with Gasteiger partial charge in [-0.3, -0.25) is 4.79 Å². The first-order chi connectivity index (χ1) is 14.0. The van der Waals surface area contributed by atoms with E-state index in [1.54, 1.807) is 0 Å². The summed E-state index contributed by atoms with van der Waals surface area (Å²) in [5, 5.41) is 6.14. The number of hydrogen-bond acceptors (Lipinski definition) is 2. The van der Waals surface area contributed by atoms with Gasteiger partial charge in [0, 0.05) is 29.4 Å². The number of benzene rings is 2. The number of halogens is 1. The number of urea groups is 1. The summed E-state index contributed by atoms with van der Waals surface area (Å²) in [7, 11) is 0. The lowest BCUT2D eigenvalue weighted by molar-refractivity contribution is 0.0577. The molecule has 2 aliphatic heterocycles. The Hall–Kier alpha value is -2.89. The normalized spacial score (nSPS) is 23.4. The van der Waals surface area contributed by atoms with Gasteiger partial charge in [0.25, 0.3) is 5.91 Å². The number of fused-ring (bicyclic) bond motifs is 2. The summed E-state index contributed by atoms with van der Waals surface area (Å²) in [4.78, 5) is 27.5. The van der Waals surface area contributed by atoms with Gasteiger partial charge in [0.2, 0.25) is 0 Å². The average Bonchev–Trinajstić information content (AvgIpc) is 2.69. The van der Waals surface area contributed by atoms with Gasteiger partial charge in [0.05, 0.1) is 0 Å². The molecule has 5 nitrogen and oxygen atoms in total. The van der Waals surface area contributed by atoms with Crippen molar-refractivity contribution >= 4 is 17.6 Å². The highest BCUT2D eigenvalue weighted by molar-refractivity contribution is 5.94. The SMILES string of the molecule is Cc1ccccc1NC(=O)N1C2CCCC1CC(NC(=O)c1ccc(F)cc1)C2. The summed E-state index contributed by atoms with van der Waals surface area (Å²) < 4.78 is 13.1. The summed E-state index contributed by atoms with van der Waals surface area (Å²) in [5.41, 5.74) is 2.33. The Kier molecular flexibility index (Phi) is 5.51. The highest BCUT2D eigenvalue weighted by Gasteiger charge is 2.41. The van der Waals surface area contributed by atoms with E-state index in [1.165, 1.54) is 24.3 Å². The molecule has 2 aliphatic rings. The molecule has 4 rings (SSSR count). The summed E-state index contributed by atoms with van der Waals surface area (Å²) in [5.74, 6) is -0.546. The van der Waals surface area contributed by atoms with Crippen molar-refractivity contribution in [2.45, 2.75) is 57.2 Å². The summed E-state index contributed by atoms with van der Waals surface area (Å²) in [6, 6.07) is 13.5. The van der Waals surface area contributed by atoms with Gasteiger partial charge in [-0.2, -0.15) is 0 Å². The fourth-order valence-electron chi connectivity index (χ4n) is 4.59. The number of hydrogen-bond donors (Lipinski definition) is 2. The molecule has 2 atom stereocenters. The minimum absolute atomic E-state index is 0.0189. The number of rotatable bonds is 3. The average molecular weight is 395 g/mol. The first-order valence-electron chi connectivity index (χ1n) is 10.2. The Bertz CT molecular complexity index is 885. The van der Waals surface area contributed by atoms with Gasteiger partial charge in [0.15, 0.2) is 0 Å². The van der Waals surface area contributed by atoms with Crippen molar-refractivity contribution in [2.24, 2.45) is 0 Å². The Labute approximate surface area is 170 Å². The molecule has 6 heteroatoms. The molecule has 2 unspecified atom stereocenters. The number of nitrogens with zero attached hydrogens (tertiary/aromatic N) is 1. The maximum absolute atomic E-state index is 13.1. The molecule has 2 aromatic rings. The minimum atomic E-state index is -0.357. The Morgan fingerprint density at radius 2 is 1.66 bits per heavy atom. The van der Waals surface area contributed by atoms with Crippen molar-refractivity contribution in [3.05, 3.63) is 65.5 Å². The number of carbonyl (C=O) groups is 2. The fourth-order valence-corrected chi connectivity index (χ4v) is 4.59. The van der Waals surface area contributed by atoms with E-state index in [2.05, 4.69) is 10.6 Å². The van der Waals surface area contributed by atoms with Crippen LogP contribution in [0.1, 0.15) is 48.0 Å². The van der Waals surface area contributed by atoms with Crippen LogP contribution in [0.25, 0.3) is 0 Å². The number of anilines is 1. The van der Waals surface area contributed by atoms with Gasteiger partial charge in [-0.15, -0.1) is 0 Å². The Morgan fingerprint density at radius 3 is 2.31 bits per heavy atom. The fraction of sp³-hybridized carbons (Fsp3) is 0.391. The van der Waals surface area contributed by atoms with E-state index >= 15 is 0 Å². The predicted octanol–water partition coefficient (Wildman–Crippen LogP) is 4.48. The molecule has 2 bridgehead atoms. The molecule has 2 saturated heterocycles. The minimum Gasteiger partial charge on any atom is -0.349 e. The third-order valence-electron chi connectivity index (χ3n) is 6.04. The van der Waals surface area contributed by atoms with Crippen LogP contribution in [0.5, 0.6) is 0 Å². The topological polar surface area (TPSA) is 61.4 Å². The van der Waals surface area contributed by atoms with Gasteiger partial charge in [0.1, 0.15) is 5.82 Å². The van der Waals surface area contributed by atoms with Crippen molar-refractivity contribution in [2.75, 3.05) is 5.32 Å². The van der Waals surface area contributed by atoms with Gasteiger partial charge >= 0.3 is 6.03 Å². The number of nitrogens with one attached hydrogen (secondary N) is 2. The van der Waals surface area contributed by atoms with Crippen LogP contribution in [0.2, 0.25) is 0 Å². The van der Waals surface area contributed by atoms with Crippen LogP contribution in [0.3, 0.4) is 0 Å². The number of para-hydroxylation sites is 1. The highest BCUT2D eigenvalue weighted by Crippen LogP contribution is 2.35. The van der Waals surface area contributed by atoms with E-state index in [4.69, 9.17) is 0 Å². The van der Waals surface area contributed by atoms with Crippen molar-refractivity contribution in [3.63, 3.8) is 0 Å². The lowest BCUT2D eigenvalue weighted by Gasteiger charge is -2.48. The quantitative estimate of drug-likeness (QED) is 0.805. The number of amides is 3. The van der Waals surface area contributed by atoms with Crippen LogP contribution >= 0.6 is 0 Å². The molecule has 152 valence electrons. The number of carbonyl (C=O) groups excluding carboxylic acids is 2. The molecular formula is C23H26FN3O2. The zero-order chi connectivity index (χ0) is 20.4. The molecule has 2 heterocycles. The van der Waals surface area contributed by atoms with Crippen molar-refractivity contribution in [1.29, 1.82) is 0 Å². The molecule has 2 fully saturated rings. The molecule has 29 heavy (non-hydrogen) atoms. The largest absolute Gasteiger partial charge is 0.349 e. The van der Waals surface area contributed by atoms with E-state index in [0.29, 0.717) is 5.56 Å². The first kappa shape index (κ1) is 19.4. The van der Waals surface area contributed by atoms with E-state index in [9.17, 15) is 14.0 Å². The second-order valence-electron chi connectivity index (χ2n) is 8.04. The van der Waals surface area contributed by atoms with Crippen LogP contribution in [-0.4, -0.2) is 35.0 Å². The second kappa shape index (κ2) is 8.23.